The second-order valence-electron chi connectivity index (χ2n) is 5.59. The number of anilines is 1. The number of nitrogens with zero attached hydrogens (tertiary/aromatic N) is 3. The van der Waals surface area contributed by atoms with Crippen LogP contribution in [0.1, 0.15) is 16.1 Å². The molecule has 1 aromatic heterocycles. The Balaban J connectivity index is 1.51. The van der Waals surface area contributed by atoms with Crippen molar-refractivity contribution in [2.24, 2.45) is 0 Å². The molecule has 1 amide bonds. The number of hydrogen-bond donors (Lipinski definition) is 1. The number of benzene rings is 2. The first-order valence-electron chi connectivity index (χ1n) is 8.08. The quantitative estimate of drug-likeness (QED) is 0.452. The largest absolute Gasteiger partial charge is 0.300 e. The lowest BCUT2D eigenvalue weighted by Crippen LogP contribution is -2.15. The van der Waals surface area contributed by atoms with Gasteiger partial charge in [-0.2, -0.15) is 0 Å². The van der Waals surface area contributed by atoms with Gasteiger partial charge in [0.05, 0.1) is 11.3 Å². The van der Waals surface area contributed by atoms with Gasteiger partial charge in [0.25, 0.3) is 5.69 Å². The van der Waals surface area contributed by atoms with Crippen molar-refractivity contribution < 1.29 is 9.72 Å². The van der Waals surface area contributed by atoms with Gasteiger partial charge in [0.2, 0.25) is 11.0 Å². The number of nitrogens with one attached hydrogen (secondary N) is 1. The predicted molar refractivity (Wildman–Crippen MR) is 107 cm³/mol. The minimum absolute atomic E-state index is 0.0667. The SMILES string of the molecule is O=C(Cc1ccccc1[N+](=O)[O-])Nc1nnc(CSCc2ccccc2)s1. The summed E-state index contributed by atoms with van der Waals surface area (Å²) in [4.78, 5) is 22.7. The molecule has 138 valence electrons. The smallest absolute Gasteiger partial charge is 0.273 e. The van der Waals surface area contributed by atoms with Crippen LogP contribution in [0.15, 0.2) is 54.6 Å². The molecule has 0 atom stereocenters. The summed E-state index contributed by atoms with van der Waals surface area (Å²) in [5, 5.41) is 22.9. The number of hydrogen-bond acceptors (Lipinski definition) is 7. The molecule has 0 aliphatic rings. The standard InChI is InChI=1S/C18H16N4O3S2/c23-16(10-14-8-4-5-9-15(14)22(24)25)19-18-21-20-17(27-18)12-26-11-13-6-2-1-3-7-13/h1-9H,10-12H2,(H,19,21,23). The van der Waals surface area contributed by atoms with Crippen molar-refractivity contribution in [3.05, 3.63) is 80.8 Å². The number of amides is 1. The van der Waals surface area contributed by atoms with Crippen molar-refractivity contribution in [1.82, 2.24) is 10.2 Å². The van der Waals surface area contributed by atoms with E-state index in [2.05, 4.69) is 27.6 Å². The summed E-state index contributed by atoms with van der Waals surface area (Å²) in [6, 6.07) is 16.3. The molecule has 0 aliphatic heterocycles. The van der Waals surface area contributed by atoms with Crippen molar-refractivity contribution >= 4 is 39.8 Å². The Hall–Kier alpha value is -2.78. The lowest BCUT2D eigenvalue weighted by Gasteiger charge is -2.02. The van der Waals surface area contributed by atoms with Crippen LogP contribution in [-0.4, -0.2) is 21.0 Å². The first-order valence-corrected chi connectivity index (χ1v) is 10.0. The predicted octanol–water partition coefficient (Wildman–Crippen LogP) is 4.06. The number of carbonyl (C=O) groups excluding carboxylic acids is 1. The van der Waals surface area contributed by atoms with Gasteiger partial charge in [-0.1, -0.05) is 59.9 Å². The van der Waals surface area contributed by atoms with E-state index in [1.165, 1.54) is 23.0 Å². The normalized spacial score (nSPS) is 10.5. The van der Waals surface area contributed by atoms with Gasteiger partial charge in [-0.25, -0.2) is 0 Å². The van der Waals surface area contributed by atoms with Crippen molar-refractivity contribution in [3.63, 3.8) is 0 Å². The number of aromatic nitrogens is 2. The van der Waals surface area contributed by atoms with Gasteiger partial charge in [0.1, 0.15) is 5.01 Å². The van der Waals surface area contributed by atoms with Crippen LogP contribution in [0.5, 0.6) is 0 Å². The minimum Gasteiger partial charge on any atom is -0.300 e. The van der Waals surface area contributed by atoms with E-state index in [0.717, 1.165) is 10.8 Å². The highest BCUT2D eigenvalue weighted by atomic mass is 32.2. The van der Waals surface area contributed by atoms with E-state index >= 15 is 0 Å². The summed E-state index contributed by atoms with van der Waals surface area (Å²) in [6.07, 6.45) is -0.0885. The Morgan fingerprint density at radius 3 is 2.59 bits per heavy atom. The van der Waals surface area contributed by atoms with E-state index in [0.29, 0.717) is 16.4 Å². The highest BCUT2D eigenvalue weighted by Gasteiger charge is 2.16. The molecule has 0 aliphatic carbocycles. The van der Waals surface area contributed by atoms with Crippen LogP contribution < -0.4 is 5.32 Å². The number of nitro benzene ring substituents is 1. The molecule has 1 heterocycles. The fourth-order valence-electron chi connectivity index (χ4n) is 2.37. The molecule has 0 spiro atoms. The van der Waals surface area contributed by atoms with E-state index in [-0.39, 0.29) is 18.0 Å². The molecule has 0 unspecified atom stereocenters. The van der Waals surface area contributed by atoms with Crippen LogP contribution in [0.4, 0.5) is 10.8 Å². The lowest BCUT2D eigenvalue weighted by atomic mass is 10.1. The molecule has 0 bridgehead atoms. The topological polar surface area (TPSA) is 98.0 Å². The van der Waals surface area contributed by atoms with E-state index in [1.54, 1.807) is 30.0 Å². The molecule has 3 rings (SSSR count). The number of carbonyl (C=O) groups is 1. The van der Waals surface area contributed by atoms with Gasteiger partial charge < -0.3 is 5.32 Å². The van der Waals surface area contributed by atoms with Gasteiger partial charge in [0.15, 0.2) is 0 Å². The Morgan fingerprint density at radius 1 is 1.07 bits per heavy atom. The molecular weight excluding hydrogens is 384 g/mol. The second-order valence-corrected chi connectivity index (χ2v) is 7.64. The average Bonchev–Trinajstić information content (AvgIpc) is 3.10. The molecule has 0 fully saturated rings. The summed E-state index contributed by atoms with van der Waals surface area (Å²) in [7, 11) is 0. The van der Waals surface area contributed by atoms with Gasteiger partial charge in [-0.05, 0) is 5.56 Å². The highest BCUT2D eigenvalue weighted by molar-refractivity contribution is 7.97. The van der Waals surface area contributed by atoms with E-state index in [9.17, 15) is 14.9 Å². The van der Waals surface area contributed by atoms with Gasteiger partial charge in [0, 0.05) is 23.1 Å². The lowest BCUT2D eigenvalue weighted by molar-refractivity contribution is -0.385. The van der Waals surface area contributed by atoms with Gasteiger partial charge in [-0.15, -0.1) is 22.0 Å². The monoisotopic (exact) mass is 400 g/mol. The molecule has 0 radical (unpaired) electrons. The maximum absolute atomic E-state index is 12.2. The maximum atomic E-state index is 12.2. The Labute approximate surface area is 164 Å². The molecule has 7 nitrogen and oxygen atoms in total. The average molecular weight is 400 g/mol. The molecule has 3 aromatic rings. The van der Waals surface area contributed by atoms with Crippen molar-refractivity contribution in [2.75, 3.05) is 5.32 Å². The molecule has 0 saturated heterocycles. The van der Waals surface area contributed by atoms with E-state index in [4.69, 9.17) is 0 Å². The first kappa shape index (κ1) is 19.0. The van der Waals surface area contributed by atoms with Crippen LogP contribution in [0.25, 0.3) is 0 Å². The molecular formula is C18H16N4O3S2. The Kier molecular flexibility index (Phi) is 6.50. The van der Waals surface area contributed by atoms with Crippen LogP contribution in [0, 0.1) is 10.1 Å². The minimum atomic E-state index is -0.490. The molecule has 0 saturated carbocycles. The zero-order valence-corrected chi connectivity index (χ0v) is 15.8. The number of nitro groups is 1. The van der Waals surface area contributed by atoms with Gasteiger partial charge >= 0.3 is 0 Å². The van der Waals surface area contributed by atoms with Gasteiger partial charge in [-0.3, -0.25) is 14.9 Å². The maximum Gasteiger partial charge on any atom is 0.273 e. The molecule has 1 N–H and O–H groups in total. The van der Waals surface area contributed by atoms with Crippen molar-refractivity contribution in [2.45, 2.75) is 17.9 Å². The fraction of sp³-hybridized carbons (Fsp3) is 0.167. The zero-order chi connectivity index (χ0) is 19.1. The summed E-state index contributed by atoms with van der Waals surface area (Å²) in [5.74, 6) is 1.22. The van der Waals surface area contributed by atoms with E-state index in [1.807, 2.05) is 18.2 Å². The van der Waals surface area contributed by atoms with Crippen LogP contribution in [-0.2, 0) is 22.7 Å². The third-order valence-corrected chi connectivity index (χ3v) is 5.63. The summed E-state index contributed by atoms with van der Waals surface area (Å²) in [5.41, 5.74) is 1.54. The van der Waals surface area contributed by atoms with E-state index < -0.39 is 4.92 Å². The fourth-order valence-corrected chi connectivity index (χ4v) is 4.17. The third-order valence-electron chi connectivity index (χ3n) is 3.59. The Morgan fingerprint density at radius 2 is 1.81 bits per heavy atom. The summed E-state index contributed by atoms with van der Waals surface area (Å²) in [6.45, 7) is 0. The third kappa shape index (κ3) is 5.60. The summed E-state index contributed by atoms with van der Waals surface area (Å²) < 4.78 is 0. The zero-order valence-electron chi connectivity index (χ0n) is 14.2. The number of rotatable bonds is 8. The second kappa shape index (κ2) is 9.24. The highest BCUT2D eigenvalue weighted by Crippen LogP contribution is 2.23. The van der Waals surface area contributed by atoms with Crippen LogP contribution >= 0.6 is 23.1 Å². The number of thioether (sulfide) groups is 1. The summed E-state index contributed by atoms with van der Waals surface area (Å²) >= 11 is 3.03. The molecule has 2 aromatic carbocycles. The Bertz CT molecular complexity index is 931. The van der Waals surface area contributed by atoms with Crippen molar-refractivity contribution in [1.29, 1.82) is 0 Å². The molecule has 27 heavy (non-hydrogen) atoms. The molecule has 9 heteroatoms. The van der Waals surface area contributed by atoms with Crippen molar-refractivity contribution in [3.8, 4) is 0 Å². The van der Waals surface area contributed by atoms with Crippen LogP contribution in [0.2, 0.25) is 0 Å². The first-order chi connectivity index (χ1) is 13.1. The number of para-hydroxylation sites is 1. The van der Waals surface area contributed by atoms with Crippen LogP contribution in [0.3, 0.4) is 0 Å².